The summed E-state index contributed by atoms with van der Waals surface area (Å²) in [5.74, 6) is 0.862. The minimum absolute atomic E-state index is 0.497. The van der Waals surface area contributed by atoms with Gasteiger partial charge in [0, 0.05) is 10.3 Å². The summed E-state index contributed by atoms with van der Waals surface area (Å²) in [4.78, 5) is 1.56. The van der Waals surface area contributed by atoms with Crippen LogP contribution in [0.25, 0.3) is 0 Å². The number of hydrogen-bond donors (Lipinski definition) is 1. The molecule has 0 bridgehead atoms. The van der Waals surface area contributed by atoms with E-state index >= 15 is 0 Å². The van der Waals surface area contributed by atoms with Crippen LogP contribution in [0.2, 0.25) is 0 Å². The first-order valence-electron chi connectivity index (χ1n) is 4.46. The fourth-order valence-electron chi connectivity index (χ4n) is 1.90. The minimum atomic E-state index is 0.497. The maximum Gasteiger partial charge on any atom is 0.0108 e. The molecule has 0 spiro atoms. The Balaban J connectivity index is 2.07. The first-order valence-corrected chi connectivity index (χ1v) is 5.34. The van der Waals surface area contributed by atoms with Gasteiger partial charge in [-0.15, -0.1) is 11.3 Å². The zero-order chi connectivity index (χ0) is 8.60. The van der Waals surface area contributed by atoms with Crippen molar-refractivity contribution in [1.82, 2.24) is 5.32 Å². The lowest BCUT2D eigenvalue weighted by atomic mass is 10.0. The Labute approximate surface area is 77.8 Å². The molecule has 0 aliphatic heterocycles. The second-order valence-electron chi connectivity index (χ2n) is 3.85. The third-order valence-corrected chi connectivity index (χ3v) is 4.10. The predicted molar refractivity (Wildman–Crippen MR) is 53.7 cm³/mol. The standard InChI is InChI=1S/C10H15NS/c1-10(6-8(10)7-11-2)9-4-3-5-12-9/h3-5,8,11H,6-7H2,1-2H3/t8-,10+/m0/s1. The zero-order valence-electron chi connectivity index (χ0n) is 7.63. The quantitative estimate of drug-likeness (QED) is 0.754. The fourth-order valence-corrected chi connectivity index (χ4v) is 2.88. The van der Waals surface area contributed by atoms with Crippen molar-refractivity contribution < 1.29 is 0 Å². The van der Waals surface area contributed by atoms with Crippen molar-refractivity contribution in [2.75, 3.05) is 13.6 Å². The number of nitrogens with one attached hydrogen (secondary N) is 1. The molecule has 12 heavy (non-hydrogen) atoms. The molecule has 1 aromatic heterocycles. The Bertz CT molecular complexity index is 255. The summed E-state index contributed by atoms with van der Waals surface area (Å²) in [5, 5.41) is 5.43. The average Bonchev–Trinajstić information content (AvgIpc) is 2.57. The van der Waals surface area contributed by atoms with Gasteiger partial charge in [0.05, 0.1) is 0 Å². The summed E-state index contributed by atoms with van der Waals surface area (Å²) < 4.78 is 0. The van der Waals surface area contributed by atoms with Crippen LogP contribution >= 0.6 is 11.3 Å². The Kier molecular flexibility index (Phi) is 1.97. The smallest absolute Gasteiger partial charge is 0.0108 e. The summed E-state index contributed by atoms with van der Waals surface area (Å²) >= 11 is 1.89. The monoisotopic (exact) mass is 181 g/mol. The molecule has 0 aromatic carbocycles. The maximum absolute atomic E-state index is 3.25. The lowest BCUT2D eigenvalue weighted by Gasteiger charge is -2.07. The highest BCUT2D eigenvalue weighted by atomic mass is 32.1. The Morgan fingerprint density at radius 1 is 1.75 bits per heavy atom. The van der Waals surface area contributed by atoms with Crippen LogP contribution < -0.4 is 5.32 Å². The van der Waals surface area contributed by atoms with E-state index in [2.05, 4.69) is 29.8 Å². The third-order valence-electron chi connectivity index (χ3n) is 2.95. The van der Waals surface area contributed by atoms with E-state index in [0.717, 1.165) is 12.5 Å². The average molecular weight is 181 g/mol. The highest BCUT2D eigenvalue weighted by molar-refractivity contribution is 7.10. The van der Waals surface area contributed by atoms with Gasteiger partial charge in [-0.3, -0.25) is 0 Å². The highest BCUT2D eigenvalue weighted by Crippen LogP contribution is 2.54. The van der Waals surface area contributed by atoms with Gasteiger partial charge >= 0.3 is 0 Å². The van der Waals surface area contributed by atoms with Gasteiger partial charge in [-0.2, -0.15) is 0 Å². The molecule has 1 heterocycles. The molecule has 1 aromatic rings. The van der Waals surface area contributed by atoms with Crippen molar-refractivity contribution >= 4 is 11.3 Å². The third kappa shape index (κ3) is 1.19. The Hall–Kier alpha value is -0.340. The van der Waals surface area contributed by atoms with Gasteiger partial charge < -0.3 is 5.32 Å². The zero-order valence-corrected chi connectivity index (χ0v) is 8.45. The van der Waals surface area contributed by atoms with E-state index in [-0.39, 0.29) is 0 Å². The maximum atomic E-state index is 3.25. The summed E-state index contributed by atoms with van der Waals surface area (Å²) in [5.41, 5.74) is 0.497. The van der Waals surface area contributed by atoms with E-state index in [0.29, 0.717) is 5.41 Å². The first kappa shape index (κ1) is 8.27. The van der Waals surface area contributed by atoms with Gasteiger partial charge in [-0.05, 0) is 37.4 Å². The molecule has 66 valence electrons. The van der Waals surface area contributed by atoms with Crippen LogP contribution in [0.15, 0.2) is 17.5 Å². The lowest BCUT2D eigenvalue weighted by Crippen LogP contribution is -2.14. The van der Waals surface area contributed by atoms with Crippen molar-refractivity contribution in [3.05, 3.63) is 22.4 Å². The minimum Gasteiger partial charge on any atom is -0.319 e. The molecule has 1 nitrogen and oxygen atoms in total. The molecule has 2 heteroatoms. The van der Waals surface area contributed by atoms with E-state index in [1.165, 1.54) is 6.42 Å². The molecule has 2 atom stereocenters. The molecule has 1 aliphatic rings. The number of hydrogen-bond acceptors (Lipinski definition) is 2. The summed E-state index contributed by atoms with van der Waals surface area (Å²) in [7, 11) is 2.03. The molecular weight excluding hydrogens is 166 g/mol. The molecule has 2 rings (SSSR count). The molecule has 0 saturated heterocycles. The molecule has 1 fully saturated rings. The van der Waals surface area contributed by atoms with Gasteiger partial charge in [0.25, 0.3) is 0 Å². The largest absolute Gasteiger partial charge is 0.319 e. The number of rotatable bonds is 3. The van der Waals surface area contributed by atoms with Crippen molar-refractivity contribution in [3.8, 4) is 0 Å². The van der Waals surface area contributed by atoms with Gasteiger partial charge in [0.2, 0.25) is 0 Å². The fraction of sp³-hybridized carbons (Fsp3) is 0.600. The molecule has 1 N–H and O–H groups in total. The molecule has 0 radical (unpaired) electrons. The van der Waals surface area contributed by atoms with E-state index in [1.54, 1.807) is 4.88 Å². The van der Waals surface area contributed by atoms with Gasteiger partial charge in [-0.25, -0.2) is 0 Å². The lowest BCUT2D eigenvalue weighted by molar-refractivity contribution is 0.624. The Morgan fingerprint density at radius 3 is 3.17 bits per heavy atom. The second kappa shape index (κ2) is 2.86. The normalized spacial score (nSPS) is 33.7. The van der Waals surface area contributed by atoms with E-state index < -0.39 is 0 Å². The SMILES string of the molecule is CNC[C@@H]1C[C@@]1(C)c1cccs1. The van der Waals surface area contributed by atoms with Gasteiger partial charge in [-0.1, -0.05) is 13.0 Å². The van der Waals surface area contributed by atoms with Gasteiger partial charge in [0.1, 0.15) is 0 Å². The van der Waals surface area contributed by atoms with Crippen molar-refractivity contribution in [2.24, 2.45) is 5.92 Å². The van der Waals surface area contributed by atoms with Crippen LogP contribution in [0, 0.1) is 5.92 Å². The van der Waals surface area contributed by atoms with Crippen molar-refractivity contribution in [1.29, 1.82) is 0 Å². The van der Waals surface area contributed by atoms with Crippen LogP contribution in [-0.2, 0) is 5.41 Å². The highest BCUT2D eigenvalue weighted by Gasteiger charge is 2.51. The van der Waals surface area contributed by atoms with Crippen molar-refractivity contribution in [3.63, 3.8) is 0 Å². The molecule has 1 saturated carbocycles. The van der Waals surface area contributed by atoms with Gasteiger partial charge in [0.15, 0.2) is 0 Å². The second-order valence-corrected chi connectivity index (χ2v) is 4.80. The Morgan fingerprint density at radius 2 is 2.58 bits per heavy atom. The number of thiophene rings is 1. The van der Waals surface area contributed by atoms with Crippen molar-refractivity contribution in [2.45, 2.75) is 18.8 Å². The first-order chi connectivity index (χ1) is 5.77. The summed E-state index contributed by atoms with van der Waals surface area (Å²) in [6, 6.07) is 4.42. The topological polar surface area (TPSA) is 12.0 Å². The van der Waals surface area contributed by atoms with Crippen LogP contribution in [0.3, 0.4) is 0 Å². The van der Waals surface area contributed by atoms with Crippen LogP contribution in [-0.4, -0.2) is 13.6 Å². The predicted octanol–water partition coefficient (Wildman–Crippen LogP) is 2.25. The molecule has 1 aliphatic carbocycles. The molecule has 0 unspecified atom stereocenters. The molecule has 0 amide bonds. The van der Waals surface area contributed by atoms with Crippen LogP contribution in [0.5, 0.6) is 0 Å². The molecular formula is C10H15NS. The summed E-state index contributed by atoms with van der Waals surface area (Å²) in [6.45, 7) is 3.54. The summed E-state index contributed by atoms with van der Waals surface area (Å²) in [6.07, 6.45) is 1.36. The van der Waals surface area contributed by atoms with E-state index in [9.17, 15) is 0 Å². The van der Waals surface area contributed by atoms with E-state index in [1.807, 2.05) is 18.4 Å². The van der Waals surface area contributed by atoms with E-state index in [4.69, 9.17) is 0 Å². The van der Waals surface area contributed by atoms with Crippen LogP contribution in [0.1, 0.15) is 18.2 Å². The van der Waals surface area contributed by atoms with Crippen LogP contribution in [0.4, 0.5) is 0 Å².